The third-order valence-corrected chi connectivity index (χ3v) is 6.29. The predicted molar refractivity (Wildman–Crippen MR) is 152 cm³/mol. The van der Waals surface area contributed by atoms with Gasteiger partial charge in [-0.15, -0.1) is 0 Å². The Kier molecular flexibility index (Phi) is 12.6. The van der Waals surface area contributed by atoms with Gasteiger partial charge in [0.1, 0.15) is 6.61 Å². The molecule has 10 nitrogen and oxygen atoms in total. The van der Waals surface area contributed by atoms with Crippen LogP contribution >= 0.6 is 8.69 Å². The van der Waals surface area contributed by atoms with E-state index in [1.165, 1.54) is 12.0 Å². The number of hydrogen-bond acceptors (Lipinski definition) is 9. The molecule has 1 amide bonds. The summed E-state index contributed by atoms with van der Waals surface area (Å²) in [6.07, 6.45) is 0.0908. The summed E-state index contributed by atoms with van der Waals surface area (Å²) in [6.45, 7) is 10.9. The molecule has 0 saturated heterocycles. The summed E-state index contributed by atoms with van der Waals surface area (Å²) in [5.74, 6) is -4.82. The Balaban J connectivity index is 2.46. The van der Waals surface area contributed by atoms with Gasteiger partial charge in [-0.25, -0.2) is 5.06 Å². The van der Waals surface area contributed by atoms with E-state index in [0.29, 0.717) is 5.56 Å². The number of esters is 2. The van der Waals surface area contributed by atoms with Crippen LogP contribution in [0.1, 0.15) is 71.9 Å². The van der Waals surface area contributed by atoms with Crippen LogP contribution in [0.3, 0.4) is 0 Å². The Bertz CT molecular complexity index is 1150. The summed E-state index contributed by atoms with van der Waals surface area (Å²) >= 11 is 0. The molecule has 0 saturated carbocycles. The first-order chi connectivity index (χ1) is 19.2. The van der Waals surface area contributed by atoms with Gasteiger partial charge in [0.05, 0.1) is 16.7 Å². The first-order valence-corrected chi connectivity index (χ1v) is 14.1. The molecule has 2 rings (SSSR count). The number of nitrogens with zero attached hydrogens (tertiary/aromatic N) is 1. The molecule has 3 unspecified atom stereocenters. The molecule has 0 fully saturated rings. The lowest BCUT2D eigenvalue weighted by Crippen LogP contribution is -2.48. The number of carbonyl (C=O) groups excluding carboxylic acids is 3. The van der Waals surface area contributed by atoms with E-state index in [4.69, 9.17) is 23.6 Å². The van der Waals surface area contributed by atoms with Gasteiger partial charge in [-0.05, 0) is 63.7 Å². The van der Waals surface area contributed by atoms with Crippen molar-refractivity contribution in [3.63, 3.8) is 0 Å². The van der Waals surface area contributed by atoms with Gasteiger partial charge >= 0.3 is 26.6 Å². The lowest BCUT2D eigenvalue weighted by atomic mass is 9.92. The summed E-state index contributed by atoms with van der Waals surface area (Å²) in [7, 11) is -1.40. The molecule has 3 atom stereocenters. The van der Waals surface area contributed by atoms with Crippen LogP contribution in [-0.2, 0) is 49.1 Å². The van der Waals surface area contributed by atoms with Crippen LogP contribution in [0.4, 0.5) is 0 Å². The second kappa shape index (κ2) is 15.2. The number of carbonyl (C=O) groups is 3. The highest BCUT2D eigenvalue weighted by Crippen LogP contribution is 2.41. The molecule has 0 aliphatic rings. The zero-order valence-corrected chi connectivity index (χ0v) is 25.8. The van der Waals surface area contributed by atoms with Crippen LogP contribution in [0.25, 0.3) is 0 Å². The van der Waals surface area contributed by atoms with Gasteiger partial charge in [0.15, 0.2) is 6.79 Å². The second-order valence-electron chi connectivity index (χ2n) is 11.5. The van der Waals surface area contributed by atoms with E-state index in [9.17, 15) is 18.9 Å². The molecule has 224 valence electrons. The van der Waals surface area contributed by atoms with Crippen molar-refractivity contribution in [2.75, 3.05) is 13.3 Å². The van der Waals surface area contributed by atoms with E-state index >= 15 is 0 Å². The van der Waals surface area contributed by atoms with Crippen LogP contribution in [-0.4, -0.2) is 42.2 Å². The van der Waals surface area contributed by atoms with Crippen molar-refractivity contribution in [2.24, 2.45) is 10.8 Å². The molecule has 0 radical (unpaired) electrons. The molecule has 0 aromatic heterocycles. The molecular formula is C30H41NO9P+. The lowest BCUT2D eigenvalue weighted by Gasteiger charge is -2.36. The first-order valence-electron chi connectivity index (χ1n) is 13.3. The molecule has 0 N–H and O–H groups in total. The fraction of sp³-hybridized carbons (Fsp3) is 0.500. The average Bonchev–Trinajstić information content (AvgIpc) is 2.90. The summed E-state index contributed by atoms with van der Waals surface area (Å²) in [6, 6.07) is 18.2. The van der Waals surface area contributed by atoms with Crippen LogP contribution < -0.4 is 0 Å². The zero-order chi connectivity index (χ0) is 30.7. The van der Waals surface area contributed by atoms with Gasteiger partial charge in [-0.1, -0.05) is 65.2 Å². The predicted octanol–water partition coefficient (Wildman–Crippen LogP) is 5.90. The van der Waals surface area contributed by atoms with Crippen LogP contribution in [0, 0.1) is 10.8 Å². The zero-order valence-electron chi connectivity index (χ0n) is 24.8. The van der Waals surface area contributed by atoms with Crippen molar-refractivity contribution in [1.82, 2.24) is 5.06 Å². The average molecular weight is 591 g/mol. The minimum atomic E-state index is -2.27. The second-order valence-corrected chi connectivity index (χ2v) is 11.9. The molecule has 0 aliphatic carbocycles. The van der Waals surface area contributed by atoms with Gasteiger partial charge in [-0.3, -0.25) is 24.0 Å². The van der Waals surface area contributed by atoms with E-state index in [1.54, 1.807) is 71.9 Å². The lowest BCUT2D eigenvalue weighted by molar-refractivity contribution is -0.357. The van der Waals surface area contributed by atoms with Crippen LogP contribution in [0.5, 0.6) is 0 Å². The molecule has 0 aliphatic heterocycles. The number of hydrogen-bond donors (Lipinski definition) is 0. The quantitative estimate of drug-likeness (QED) is 0.115. The van der Waals surface area contributed by atoms with E-state index in [1.807, 2.05) is 30.3 Å². The SMILES string of the molecule is CC(=O)N(CCC(c1ccccc1)C(OCOC(=O)C(C)(C)C)(O[PH+]=O)OC(=O)C(C)(C)C)OCc1ccccc1. The smallest absolute Gasteiger partial charge is 0.438 e. The maximum Gasteiger partial charge on any atom is 0.500 e. The summed E-state index contributed by atoms with van der Waals surface area (Å²) in [4.78, 5) is 43.9. The Hall–Kier alpha value is -3.17. The molecule has 0 spiro atoms. The summed E-state index contributed by atoms with van der Waals surface area (Å²) in [5, 5.41) is 1.19. The third kappa shape index (κ3) is 10.6. The highest BCUT2D eigenvalue weighted by molar-refractivity contribution is 7.17. The summed E-state index contributed by atoms with van der Waals surface area (Å²) < 4.78 is 34.6. The molecule has 2 aromatic rings. The number of rotatable bonds is 14. The largest absolute Gasteiger partial charge is 0.500 e. The van der Waals surface area contributed by atoms with Gasteiger partial charge in [0, 0.05) is 13.5 Å². The van der Waals surface area contributed by atoms with Gasteiger partial charge in [-0.2, -0.15) is 0 Å². The number of hydroxylamine groups is 2. The maximum absolute atomic E-state index is 13.2. The van der Waals surface area contributed by atoms with Gasteiger partial charge < -0.3 is 9.47 Å². The fourth-order valence-electron chi connectivity index (χ4n) is 3.56. The Morgan fingerprint density at radius 3 is 1.93 bits per heavy atom. The van der Waals surface area contributed by atoms with Crippen molar-refractivity contribution in [2.45, 2.75) is 73.4 Å². The van der Waals surface area contributed by atoms with E-state index in [2.05, 4.69) is 0 Å². The number of amides is 1. The molecule has 0 heterocycles. The molecular weight excluding hydrogens is 549 g/mol. The topological polar surface area (TPSA) is 118 Å². The maximum atomic E-state index is 13.2. The number of ether oxygens (including phenoxy) is 3. The van der Waals surface area contributed by atoms with Crippen molar-refractivity contribution in [1.29, 1.82) is 0 Å². The van der Waals surface area contributed by atoms with Crippen molar-refractivity contribution in [3.05, 3.63) is 71.8 Å². The van der Waals surface area contributed by atoms with E-state index < -0.39 is 50.1 Å². The normalized spacial score (nSPS) is 14.1. The van der Waals surface area contributed by atoms with E-state index in [-0.39, 0.29) is 25.5 Å². The van der Waals surface area contributed by atoms with Gasteiger partial charge in [0.2, 0.25) is 5.91 Å². The summed E-state index contributed by atoms with van der Waals surface area (Å²) in [5.41, 5.74) is -0.350. The monoisotopic (exact) mass is 590 g/mol. The van der Waals surface area contributed by atoms with Crippen molar-refractivity contribution in [3.8, 4) is 0 Å². The first kappa shape index (κ1) is 34.0. The standard InChI is InChI=1S/C30H41NO9P/c1-22(32)31(38-20-23-14-10-8-11-15-23)19-18-25(24-16-12-9-13-17-24)30(40-41-35,39-27(34)29(5,6)7)37-21-36-26(33)28(2,3)4/h8-17,25,41H,18-21H2,1-7H3/q+1. The molecule has 41 heavy (non-hydrogen) atoms. The highest BCUT2D eigenvalue weighted by atomic mass is 31.1. The fourth-order valence-corrected chi connectivity index (χ4v) is 3.92. The van der Waals surface area contributed by atoms with Crippen molar-refractivity contribution >= 4 is 26.5 Å². The molecule has 11 heteroatoms. The minimum Gasteiger partial charge on any atom is -0.438 e. The molecule has 2 aromatic carbocycles. The third-order valence-electron chi connectivity index (χ3n) is 5.92. The van der Waals surface area contributed by atoms with Crippen LogP contribution in [0.15, 0.2) is 60.7 Å². The van der Waals surface area contributed by atoms with Gasteiger partial charge in [0.25, 0.3) is 0 Å². The minimum absolute atomic E-state index is 0.0347. The Morgan fingerprint density at radius 2 is 1.41 bits per heavy atom. The Morgan fingerprint density at radius 1 is 0.854 bits per heavy atom. The Labute approximate surface area is 243 Å². The van der Waals surface area contributed by atoms with Crippen molar-refractivity contribution < 1.29 is 42.5 Å². The highest BCUT2D eigenvalue weighted by Gasteiger charge is 2.52. The van der Waals surface area contributed by atoms with E-state index in [0.717, 1.165) is 5.56 Å². The molecule has 0 bridgehead atoms. The number of benzene rings is 2. The van der Waals surface area contributed by atoms with Crippen LogP contribution in [0.2, 0.25) is 0 Å².